The van der Waals surface area contributed by atoms with Crippen LogP contribution in [0.2, 0.25) is 0 Å². The zero-order valence-corrected chi connectivity index (χ0v) is 13.7. The van der Waals surface area contributed by atoms with Gasteiger partial charge in [0.15, 0.2) is 5.03 Å². The third-order valence-electron chi connectivity index (χ3n) is 4.09. The largest absolute Gasteiger partial charge is 0.298 e. The fourth-order valence-corrected chi connectivity index (χ4v) is 3.72. The molecular formula is C14H19N5O3S. The molecule has 9 heteroatoms. The lowest BCUT2D eigenvalue weighted by molar-refractivity contribution is 0.258. The number of sulfonamides is 1. The average molecular weight is 337 g/mol. The summed E-state index contributed by atoms with van der Waals surface area (Å²) in [7, 11) is -3.88. The van der Waals surface area contributed by atoms with Gasteiger partial charge in [0.1, 0.15) is 5.69 Å². The van der Waals surface area contributed by atoms with Crippen LogP contribution in [-0.2, 0) is 23.1 Å². The van der Waals surface area contributed by atoms with Gasteiger partial charge < -0.3 is 0 Å². The van der Waals surface area contributed by atoms with Crippen molar-refractivity contribution in [2.24, 2.45) is 5.92 Å². The van der Waals surface area contributed by atoms with Gasteiger partial charge in [-0.3, -0.25) is 18.8 Å². The van der Waals surface area contributed by atoms with Gasteiger partial charge in [-0.1, -0.05) is 6.42 Å². The van der Waals surface area contributed by atoms with E-state index < -0.39 is 15.6 Å². The zero-order chi connectivity index (χ0) is 16.4. The third kappa shape index (κ3) is 3.14. The first-order valence-corrected chi connectivity index (χ1v) is 9.08. The van der Waals surface area contributed by atoms with Crippen molar-refractivity contribution in [1.29, 1.82) is 0 Å². The quantitative estimate of drug-likeness (QED) is 0.850. The maximum absolute atomic E-state index is 12.6. The minimum absolute atomic E-state index is 0.0641. The van der Waals surface area contributed by atoms with E-state index in [0.29, 0.717) is 19.0 Å². The molecule has 1 saturated carbocycles. The van der Waals surface area contributed by atoms with E-state index in [1.165, 1.54) is 40.5 Å². The van der Waals surface area contributed by atoms with Crippen LogP contribution in [0, 0.1) is 5.92 Å². The van der Waals surface area contributed by atoms with E-state index in [-0.39, 0.29) is 10.7 Å². The lowest BCUT2D eigenvalue weighted by Crippen LogP contribution is -2.28. The molecule has 3 rings (SSSR count). The molecule has 8 nitrogen and oxygen atoms in total. The van der Waals surface area contributed by atoms with E-state index in [0.717, 1.165) is 12.8 Å². The SMILES string of the molecule is CCn1cncc(NS(=O)(=O)c2ccnn2CC2CCC2)c1=O. The second-order valence-corrected chi connectivity index (χ2v) is 7.28. The van der Waals surface area contributed by atoms with Crippen molar-refractivity contribution in [1.82, 2.24) is 19.3 Å². The molecule has 0 atom stereocenters. The first kappa shape index (κ1) is 15.7. The summed E-state index contributed by atoms with van der Waals surface area (Å²) in [5, 5.41) is 4.17. The molecule has 1 aliphatic rings. The Hall–Kier alpha value is -2.16. The van der Waals surface area contributed by atoms with Crippen LogP contribution >= 0.6 is 0 Å². The minimum atomic E-state index is -3.88. The van der Waals surface area contributed by atoms with Crippen LogP contribution < -0.4 is 10.3 Å². The van der Waals surface area contributed by atoms with Gasteiger partial charge in [0, 0.05) is 13.1 Å². The number of aryl methyl sites for hydroxylation is 1. The number of hydrogen-bond donors (Lipinski definition) is 1. The second-order valence-electron chi connectivity index (χ2n) is 5.65. The Morgan fingerprint density at radius 2 is 2.17 bits per heavy atom. The molecule has 0 amide bonds. The number of aromatic nitrogens is 4. The van der Waals surface area contributed by atoms with Crippen molar-refractivity contribution < 1.29 is 8.42 Å². The second kappa shape index (κ2) is 6.15. The van der Waals surface area contributed by atoms with Gasteiger partial charge in [0.25, 0.3) is 15.6 Å². The number of anilines is 1. The van der Waals surface area contributed by atoms with Gasteiger partial charge in [-0.25, -0.2) is 4.98 Å². The van der Waals surface area contributed by atoms with Crippen molar-refractivity contribution in [3.8, 4) is 0 Å². The molecule has 2 aromatic rings. The van der Waals surface area contributed by atoms with Crippen molar-refractivity contribution >= 4 is 15.7 Å². The summed E-state index contributed by atoms with van der Waals surface area (Å²) >= 11 is 0. The molecule has 0 spiro atoms. The average Bonchev–Trinajstić information content (AvgIpc) is 2.94. The molecule has 1 N–H and O–H groups in total. The molecule has 0 unspecified atom stereocenters. The van der Waals surface area contributed by atoms with Crippen LogP contribution in [0.1, 0.15) is 26.2 Å². The van der Waals surface area contributed by atoms with Crippen LogP contribution in [0.5, 0.6) is 0 Å². The van der Waals surface area contributed by atoms with Gasteiger partial charge in [0.2, 0.25) is 0 Å². The molecule has 0 radical (unpaired) electrons. The minimum Gasteiger partial charge on any atom is -0.298 e. The highest BCUT2D eigenvalue weighted by Crippen LogP contribution is 2.28. The Morgan fingerprint density at radius 3 is 2.83 bits per heavy atom. The predicted molar refractivity (Wildman–Crippen MR) is 84.5 cm³/mol. The lowest BCUT2D eigenvalue weighted by atomic mass is 9.85. The number of nitrogens with one attached hydrogen (secondary N) is 1. The molecule has 23 heavy (non-hydrogen) atoms. The molecule has 0 saturated heterocycles. The Balaban J connectivity index is 1.88. The molecule has 0 aromatic carbocycles. The van der Waals surface area contributed by atoms with Crippen LogP contribution in [-0.4, -0.2) is 27.7 Å². The Labute approximate surface area is 134 Å². The van der Waals surface area contributed by atoms with Crippen molar-refractivity contribution in [2.75, 3.05) is 4.72 Å². The maximum Gasteiger partial charge on any atom is 0.279 e. The van der Waals surface area contributed by atoms with Crippen LogP contribution in [0.25, 0.3) is 0 Å². The van der Waals surface area contributed by atoms with Crippen LogP contribution in [0.3, 0.4) is 0 Å². The summed E-state index contributed by atoms with van der Waals surface area (Å²) in [5.41, 5.74) is -0.484. The summed E-state index contributed by atoms with van der Waals surface area (Å²) in [6.45, 7) is 2.78. The zero-order valence-electron chi connectivity index (χ0n) is 12.8. The number of hydrogen-bond acceptors (Lipinski definition) is 5. The van der Waals surface area contributed by atoms with E-state index in [4.69, 9.17) is 0 Å². The normalized spacial score (nSPS) is 15.3. The van der Waals surface area contributed by atoms with E-state index >= 15 is 0 Å². The first-order chi connectivity index (χ1) is 11.0. The summed E-state index contributed by atoms with van der Waals surface area (Å²) in [4.78, 5) is 16.0. The van der Waals surface area contributed by atoms with Crippen molar-refractivity contribution in [3.63, 3.8) is 0 Å². The highest BCUT2D eigenvalue weighted by atomic mass is 32.2. The van der Waals surface area contributed by atoms with Crippen LogP contribution in [0.15, 0.2) is 34.6 Å². The topological polar surface area (TPSA) is 98.9 Å². The highest BCUT2D eigenvalue weighted by Gasteiger charge is 2.25. The third-order valence-corrected chi connectivity index (χ3v) is 5.48. The van der Waals surface area contributed by atoms with E-state index in [9.17, 15) is 13.2 Å². The fraction of sp³-hybridized carbons (Fsp3) is 0.500. The standard InChI is InChI=1S/C14H19N5O3S/c1-2-18-10-15-8-12(14(18)20)17-23(21,22)13-6-7-16-19(13)9-11-4-3-5-11/h6-8,10-11,17H,2-5,9H2,1H3. The molecule has 0 bridgehead atoms. The smallest absolute Gasteiger partial charge is 0.279 e. The monoisotopic (exact) mass is 337 g/mol. The molecule has 2 heterocycles. The first-order valence-electron chi connectivity index (χ1n) is 7.60. The Kier molecular flexibility index (Phi) is 4.20. The fourth-order valence-electron chi connectivity index (χ4n) is 2.55. The van der Waals surface area contributed by atoms with E-state index in [1.54, 1.807) is 6.92 Å². The Morgan fingerprint density at radius 1 is 1.39 bits per heavy atom. The summed E-state index contributed by atoms with van der Waals surface area (Å²) in [5.74, 6) is 0.472. The molecule has 1 fully saturated rings. The van der Waals surface area contributed by atoms with Gasteiger partial charge >= 0.3 is 0 Å². The summed E-state index contributed by atoms with van der Waals surface area (Å²) < 4.78 is 30.3. The number of rotatable bonds is 6. The van der Waals surface area contributed by atoms with E-state index in [1.807, 2.05) is 0 Å². The summed E-state index contributed by atoms with van der Waals surface area (Å²) in [6.07, 6.45) is 7.42. The van der Waals surface area contributed by atoms with E-state index in [2.05, 4.69) is 14.8 Å². The van der Waals surface area contributed by atoms with Crippen molar-refractivity contribution in [2.45, 2.75) is 44.3 Å². The lowest BCUT2D eigenvalue weighted by Gasteiger charge is -2.25. The van der Waals surface area contributed by atoms with Gasteiger partial charge in [-0.15, -0.1) is 0 Å². The van der Waals surface area contributed by atoms with Crippen molar-refractivity contribution in [3.05, 3.63) is 35.1 Å². The molecule has 0 aliphatic heterocycles. The predicted octanol–water partition coefficient (Wildman–Crippen LogP) is 1.06. The molecule has 1 aliphatic carbocycles. The molecule has 124 valence electrons. The Bertz CT molecular complexity index is 851. The maximum atomic E-state index is 12.6. The van der Waals surface area contributed by atoms with Gasteiger partial charge in [-0.05, 0) is 31.7 Å². The number of nitrogens with zero attached hydrogens (tertiary/aromatic N) is 4. The van der Waals surface area contributed by atoms with Gasteiger partial charge in [0.05, 0.1) is 18.7 Å². The van der Waals surface area contributed by atoms with Gasteiger partial charge in [-0.2, -0.15) is 13.5 Å². The highest BCUT2D eigenvalue weighted by molar-refractivity contribution is 7.92. The summed E-state index contributed by atoms with van der Waals surface area (Å²) in [6, 6.07) is 1.44. The van der Waals surface area contributed by atoms with Crippen LogP contribution in [0.4, 0.5) is 5.69 Å². The molecular weight excluding hydrogens is 318 g/mol. The molecule has 2 aromatic heterocycles.